The molecule has 0 radical (unpaired) electrons. The molecule has 3 saturated heterocycles. The Labute approximate surface area is 123 Å². The number of hydrogen-bond acceptors (Lipinski definition) is 5. The number of nitrogens with zero attached hydrogens (tertiary/aromatic N) is 1. The van der Waals surface area contributed by atoms with Gasteiger partial charge in [-0.25, -0.2) is 8.42 Å². The smallest absolute Gasteiger partial charge is 0.308 e. The number of nitrogens with one attached hydrogen (secondary N) is 1. The summed E-state index contributed by atoms with van der Waals surface area (Å²) in [6.45, 7) is 0.380. The lowest BCUT2D eigenvalue weighted by atomic mass is 9.89. The first-order valence-electron chi connectivity index (χ1n) is 7.35. The monoisotopic (exact) mass is 316 g/mol. The van der Waals surface area contributed by atoms with Crippen LogP contribution in [0.2, 0.25) is 0 Å². The van der Waals surface area contributed by atoms with E-state index >= 15 is 0 Å². The van der Waals surface area contributed by atoms with Crippen molar-refractivity contribution in [2.24, 2.45) is 5.92 Å². The molecule has 3 heterocycles. The van der Waals surface area contributed by atoms with Gasteiger partial charge in [-0.05, 0) is 19.3 Å². The maximum absolute atomic E-state index is 12.5. The van der Waals surface area contributed by atoms with Crippen molar-refractivity contribution in [3.63, 3.8) is 0 Å². The van der Waals surface area contributed by atoms with Crippen LogP contribution in [0.3, 0.4) is 0 Å². The Kier molecular flexibility index (Phi) is 3.69. The fourth-order valence-corrected chi connectivity index (χ4v) is 5.40. The number of rotatable bonds is 3. The molecule has 0 aromatic carbocycles. The first-order valence-corrected chi connectivity index (χ1v) is 9.17. The molecular weight excluding hydrogens is 296 g/mol. The minimum Gasteiger partial charge on any atom is -0.481 e. The highest BCUT2D eigenvalue weighted by Crippen LogP contribution is 2.42. The van der Waals surface area contributed by atoms with E-state index in [-0.39, 0.29) is 42.0 Å². The van der Waals surface area contributed by atoms with Crippen LogP contribution >= 0.6 is 0 Å². The molecule has 3 fully saturated rings. The van der Waals surface area contributed by atoms with Gasteiger partial charge < -0.3 is 15.3 Å². The summed E-state index contributed by atoms with van der Waals surface area (Å²) in [5, 5.41) is 12.3. The molecule has 4 unspecified atom stereocenters. The van der Waals surface area contributed by atoms with E-state index in [9.17, 15) is 23.1 Å². The van der Waals surface area contributed by atoms with Gasteiger partial charge in [0.25, 0.3) is 0 Å². The zero-order valence-electron chi connectivity index (χ0n) is 11.7. The van der Waals surface area contributed by atoms with Gasteiger partial charge in [0.1, 0.15) is 0 Å². The van der Waals surface area contributed by atoms with Crippen LogP contribution in [0.15, 0.2) is 0 Å². The number of amides is 1. The third-order valence-corrected chi connectivity index (χ3v) is 6.60. The summed E-state index contributed by atoms with van der Waals surface area (Å²) in [6, 6.07) is -0.538. The largest absolute Gasteiger partial charge is 0.481 e. The van der Waals surface area contributed by atoms with E-state index in [1.807, 2.05) is 0 Å². The average molecular weight is 316 g/mol. The number of hydrogen-bond donors (Lipinski definition) is 2. The van der Waals surface area contributed by atoms with E-state index in [0.29, 0.717) is 13.0 Å². The standard InChI is InChI=1S/C13H20N2O5S/c16-12(5-8-7-21(19,20)4-3-14-8)15-9-1-2-11(15)10(6-9)13(17)18/h8-11,14H,1-7H2,(H,17,18). The topological polar surface area (TPSA) is 104 Å². The number of sulfone groups is 1. The fraction of sp³-hybridized carbons (Fsp3) is 0.846. The lowest BCUT2D eigenvalue weighted by Gasteiger charge is -2.28. The van der Waals surface area contributed by atoms with Crippen molar-refractivity contribution in [2.45, 2.75) is 43.8 Å². The Morgan fingerprint density at radius 3 is 2.67 bits per heavy atom. The minimum atomic E-state index is -3.06. The molecule has 0 saturated carbocycles. The van der Waals surface area contributed by atoms with Gasteiger partial charge in [-0.2, -0.15) is 0 Å². The zero-order chi connectivity index (χ0) is 15.2. The van der Waals surface area contributed by atoms with Gasteiger partial charge in [0.05, 0.1) is 17.4 Å². The summed E-state index contributed by atoms with van der Waals surface area (Å²) in [5.41, 5.74) is 0. The summed E-state index contributed by atoms with van der Waals surface area (Å²) >= 11 is 0. The first-order chi connectivity index (χ1) is 9.87. The molecule has 0 aromatic rings. The molecule has 3 rings (SSSR count). The van der Waals surface area contributed by atoms with Gasteiger partial charge in [0.2, 0.25) is 5.91 Å². The summed E-state index contributed by atoms with van der Waals surface area (Å²) < 4.78 is 23.2. The molecule has 0 aromatic heterocycles. The van der Waals surface area contributed by atoms with Crippen LogP contribution in [0.1, 0.15) is 25.7 Å². The Morgan fingerprint density at radius 2 is 2.05 bits per heavy atom. The van der Waals surface area contributed by atoms with Gasteiger partial charge in [0.15, 0.2) is 9.84 Å². The van der Waals surface area contributed by atoms with Crippen LogP contribution in [0.4, 0.5) is 0 Å². The highest BCUT2D eigenvalue weighted by molar-refractivity contribution is 7.91. The van der Waals surface area contributed by atoms with Crippen LogP contribution < -0.4 is 5.32 Å². The Morgan fingerprint density at radius 1 is 1.29 bits per heavy atom. The van der Waals surface area contributed by atoms with E-state index in [1.54, 1.807) is 4.90 Å². The number of carbonyl (C=O) groups excluding carboxylic acids is 1. The van der Waals surface area contributed by atoms with Gasteiger partial charge >= 0.3 is 5.97 Å². The molecule has 0 aliphatic carbocycles. The van der Waals surface area contributed by atoms with Crippen molar-refractivity contribution in [1.82, 2.24) is 10.2 Å². The third kappa shape index (κ3) is 2.78. The predicted octanol–water partition coefficient (Wildman–Crippen LogP) is -0.773. The molecule has 3 aliphatic heterocycles. The van der Waals surface area contributed by atoms with Crippen LogP contribution in [0.25, 0.3) is 0 Å². The van der Waals surface area contributed by atoms with Gasteiger partial charge in [-0.15, -0.1) is 0 Å². The van der Waals surface area contributed by atoms with E-state index in [1.165, 1.54) is 0 Å². The number of carbonyl (C=O) groups is 2. The fourth-order valence-electron chi connectivity index (χ4n) is 3.96. The van der Waals surface area contributed by atoms with E-state index < -0.39 is 21.7 Å². The Bertz CT molecular complexity index is 561. The minimum absolute atomic E-state index is 0.00965. The molecule has 0 spiro atoms. The predicted molar refractivity (Wildman–Crippen MR) is 74.5 cm³/mol. The van der Waals surface area contributed by atoms with Crippen molar-refractivity contribution >= 4 is 21.7 Å². The van der Waals surface area contributed by atoms with Gasteiger partial charge in [0, 0.05) is 31.1 Å². The molecule has 21 heavy (non-hydrogen) atoms. The normalized spacial score (nSPS) is 37.6. The molecule has 1 amide bonds. The second-order valence-corrected chi connectivity index (χ2v) is 8.48. The summed E-state index contributed by atoms with van der Waals surface area (Å²) in [4.78, 5) is 25.4. The van der Waals surface area contributed by atoms with Crippen LogP contribution in [0.5, 0.6) is 0 Å². The van der Waals surface area contributed by atoms with E-state index in [4.69, 9.17) is 0 Å². The van der Waals surface area contributed by atoms with Gasteiger partial charge in [-0.1, -0.05) is 0 Å². The average Bonchev–Trinajstić information content (AvgIpc) is 2.94. The molecule has 118 valence electrons. The number of aliphatic carboxylic acids is 1. The summed E-state index contributed by atoms with van der Waals surface area (Å²) in [7, 11) is -3.06. The zero-order valence-corrected chi connectivity index (χ0v) is 12.5. The second kappa shape index (κ2) is 5.24. The van der Waals surface area contributed by atoms with E-state index in [2.05, 4.69) is 5.32 Å². The van der Waals surface area contributed by atoms with Crippen molar-refractivity contribution in [1.29, 1.82) is 0 Å². The highest BCUT2D eigenvalue weighted by Gasteiger charge is 2.51. The Hall–Kier alpha value is -1.15. The van der Waals surface area contributed by atoms with Crippen molar-refractivity contribution in [2.75, 3.05) is 18.1 Å². The second-order valence-electron chi connectivity index (χ2n) is 6.25. The number of carboxylic acids is 1. The molecular formula is C13H20N2O5S. The molecule has 8 heteroatoms. The molecule has 4 atom stereocenters. The summed E-state index contributed by atoms with van der Waals surface area (Å²) in [5.74, 6) is -1.30. The quantitative estimate of drug-likeness (QED) is 0.708. The molecule has 7 nitrogen and oxygen atoms in total. The molecule has 3 aliphatic rings. The number of carboxylic acid groups (broad SMARTS) is 1. The maximum atomic E-state index is 12.5. The van der Waals surface area contributed by atoms with Crippen LogP contribution in [-0.4, -0.2) is 66.5 Å². The lowest BCUT2D eigenvalue weighted by Crippen LogP contribution is -2.48. The summed E-state index contributed by atoms with van der Waals surface area (Å²) in [6.07, 6.45) is 2.26. The lowest BCUT2D eigenvalue weighted by molar-refractivity contribution is -0.143. The SMILES string of the molecule is O=C(O)C1CC2CCC1N2C(=O)CC1CS(=O)(=O)CCN1. The van der Waals surface area contributed by atoms with Crippen molar-refractivity contribution in [3.05, 3.63) is 0 Å². The molecule has 2 N–H and O–H groups in total. The van der Waals surface area contributed by atoms with Crippen molar-refractivity contribution < 1.29 is 23.1 Å². The maximum Gasteiger partial charge on any atom is 0.308 e. The van der Waals surface area contributed by atoms with Crippen LogP contribution in [-0.2, 0) is 19.4 Å². The van der Waals surface area contributed by atoms with Crippen LogP contribution in [0, 0.1) is 5.92 Å². The highest BCUT2D eigenvalue weighted by atomic mass is 32.2. The van der Waals surface area contributed by atoms with E-state index in [0.717, 1.165) is 12.8 Å². The third-order valence-electron chi connectivity index (χ3n) is 4.86. The first kappa shape index (κ1) is 14.8. The number of fused-ring (bicyclic) bond motifs is 2. The van der Waals surface area contributed by atoms with Gasteiger partial charge in [-0.3, -0.25) is 9.59 Å². The molecule has 2 bridgehead atoms. The van der Waals surface area contributed by atoms with Crippen molar-refractivity contribution in [3.8, 4) is 0 Å². The Balaban J connectivity index is 1.65.